The van der Waals surface area contributed by atoms with Crippen LogP contribution in [0.25, 0.3) is 10.9 Å². The van der Waals surface area contributed by atoms with Gasteiger partial charge in [0.15, 0.2) is 0 Å². The summed E-state index contributed by atoms with van der Waals surface area (Å²) in [6.07, 6.45) is 3.25. The normalized spacial score (nSPS) is 11.4. The minimum absolute atomic E-state index is 0.673. The van der Waals surface area contributed by atoms with Crippen LogP contribution in [0.4, 0.5) is 5.69 Å². The van der Waals surface area contributed by atoms with Gasteiger partial charge in [0.1, 0.15) is 0 Å². The average molecular weight is 290 g/mol. The Bertz CT molecular complexity index is 577. The van der Waals surface area contributed by atoms with Crippen molar-refractivity contribution in [1.82, 2.24) is 14.7 Å². The fourth-order valence-electron chi connectivity index (χ4n) is 2.30. The summed E-state index contributed by atoms with van der Waals surface area (Å²) in [5, 5.41) is 5.62. The lowest BCUT2D eigenvalue weighted by molar-refractivity contribution is 0.272. The van der Waals surface area contributed by atoms with Crippen LogP contribution >= 0.6 is 0 Å². The molecule has 2 N–H and O–H groups in total. The van der Waals surface area contributed by atoms with E-state index in [4.69, 9.17) is 10.5 Å². The van der Waals surface area contributed by atoms with Gasteiger partial charge in [-0.25, -0.2) is 0 Å². The van der Waals surface area contributed by atoms with E-state index in [1.807, 2.05) is 22.9 Å². The third-order valence-electron chi connectivity index (χ3n) is 3.45. The zero-order valence-corrected chi connectivity index (χ0v) is 13.3. The molecule has 5 nitrogen and oxygen atoms in total. The van der Waals surface area contributed by atoms with Gasteiger partial charge in [-0.15, -0.1) is 5.10 Å². The summed E-state index contributed by atoms with van der Waals surface area (Å²) < 4.78 is 7.90. The number of ether oxygens (including phenoxy) is 1. The van der Waals surface area contributed by atoms with E-state index in [2.05, 4.69) is 31.0 Å². The van der Waals surface area contributed by atoms with E-state index in [-0.39, 0.29) is 0 Å². The number of fused-ring (bicyclic) bond motifs is 1. The van der Waals surface area contributed by atoms with Crippen LogP contribution in [-0.4, -0.2) is 41.9 Å². The molecule has 1 aromatic carbocycles. The number of nitrogens with two attached hydrogens (primary N) is 1. The second-order valence-electron chi connectivity index (χ2n) is 5.66. The Balaban J connectivity index is 2.15. The van der Waals surface area contributed by atoms with Crippen molar-refractivity contribution < 1.29 is 4.74 Å². The summed E-state index contributed by atoms with van der Waals surface area (Å²) >= 11 is 0. The predicted molar refractivity (Wildman–Crippen MR) is 87.7 cm³/mol. The summed E-state index contributed by atoms with van der Waals surface area (Å²) in [6, 6.07) is 5.90. The number of aromatic nitrogens is 2. The molecule has 0 spiro atoms. The molecule has 0 radical (unpaired) electrons. The van der Waals surface area contributed by atoms with Crippen molar-refractivity contribution in [2.75, 3.05) is 33.0 Å². The zero-order valence-electron chi connectivity index (χ0n) is 13.3. The van der Waals surface area contributed by atoms with Gasteiger partial charge in [0.25, 0.3) is 0 Å². The molecule has 0 atom stereocenters. The number of nitrogen functional groups attached to an aromatic ring is 1. The molecule has 2 aromatic rings. The number of unbranched alkanes of at least 4 members (excludes halogenated alkanes) is 1. The number of aryl methyl sites for hydroxylation is 1. The van der Waals surface area contributed by atoms with Crippen LogP contribution in [-0.2, 0) is 6.54 Å². The number of hydrogen-bond acceptors (Lipinski definition) is 4. The molecule has 0 bridgehead atoms. The van der Waals surface area contributed by atoms with Gasteiger partial charge in [-0.05, 0) is 45.1 Å². The maximum Gasteiger partial charge on any atom is 0.240 e. The van der Waals surface area contributed by atoms with E-state index < -0.39 is 0 Å². The van der Waals surface area contributed by atoms with Crippen LogP contribution < -0.4 is 10.5 Å². The Hall–Kier alpha value is -1.75. The van der Waals surface area contributed by atoms with Crippen LogP contribution in [0.5, 0.6) is 5.88 Å². The summed E-state index contributed by atoms with van der Waals surface area (Å²) in [6.45, 7) is 4.78. The summed E-state index contributed by atoms with van der Waals surface area (Å²) in [5.41, 5.74) is 7.74. The predicted octanol–water partition coefficient (Wildman–Crippen LogP) is 2.75. The number of rotatable bonds is 8. The first-order chi connectivity index (χ1) is 10.1. The number of anilines is 1. The topological polar surface area (TPSA) is 56.3 Å². The molecule has 0 saturated carbocycles. The maximum absolute atomic E-state index is 5.90. The van der Waals surface area contributed by atoms with Gasteiger partial charge in [-0.1, -0.05) is 13.3 Å². The van der Waals surface area contributed by atoms with Crippen molar-refractivity contribution in [3.63, 3.8) is 0 Å². The van der Waals surface area contributed by atoms with E-state index in [1.165, 1.54) is 0 Å². The Kier molecular flexibility index (Phi) is 5.44. The molecule has 0 saturated heterocycles. The third kappa shape index (κ3) is 4.11. The van der Waals surface area contributed by atoms with Gasteiger partial charge in [0, 0.05) is 18.8 Å². The molecule has 0 unspecified atom stereocenters. The van der Waals surface area contributed by atoms with E-state index in [0.29, 0.717) is 12.5 Å². The van der Waals surface area contributed by atoms with Crippen molar-refractivity contribution >= 4 is 16.6 Å². The first-order valence-electron chi connectivity index (χ1n) is 7.65. The molecule has 1 aromatic heterocycles. The monoisotopic (exact) mass is 290 g/mol. The number of benzene rings is 1. The molecule has 116 valence electrons. The van der Waals surface area contributed by atoms with Gasteiger partial charge in [0.05, 0.1) is 17.5 Å². The molecular formula is C16H26N4O. The molecule has 0 fully saturated rings. The fourth-order valence-corrected chi connectivity index (χ4v) is 2.30. The Morgan fingerprint density at radius 1 is 1.29 bits per heavy atom. The van der Waals surface area contributed by atoms with Gasteiger partial charge in [-0.2, -0.15) is 0 Å². The van der Waals surface area contributed by atoms with Crippen LogP contribution in [0.2, 0.25) is 0 Å². The minimum Gasteiger partial charge on any atom is -0.476 e. The molecule has 2 rings (SSSR count). The minimum atomic E-state index is 0.673. The van der Waals surface area contributed by atoms with Crippen molar-refractivity contribution in [3.05, 3.63) is 18.2 Å². The Labute approximate surface area is 126 Å². The first-order valence-corrected chi connectivity index (χ1v) is 7.65. The highest BCUT2D eigenvalue weighted by atomic mass is 16.5. The molecule has 1 heterocycles. The lowest BCUT2D eigenvalue weighted by Crippen LogP contribution is -2.15. The van der Waals surface area contributed by atoms with Crippen molar-refractivity contribution in [2.45, 2.75) is 32.7 Å². The number of nitrogens with zero attached hydrogens (tertiary/aromatic N) is 3. The van der Waals surface area contributed by atoms with Gasteiger partial charge < -0.3 is 15.4 Å². The molecule has 21 heavy (non-hydrogen) atoms. The Morgan fingerprint density at radius 2 is 2.10 bits per heavy atom. The van der Waals surface area contributed by atoms with Crippen molar-refractivity contribution in [3.8, 4) is 5.88 Å². The van der Waals surface area contributed by atoms with Crippen LogP contribution in [0, 0.1) is 0 Å². The van der Waals surface area contributed by atoms with E-state index in [9.17, 15) is 0 Å². The first kappa shape index (κ1) is 15.6. The van der Waals surface area contributed by atoms with Gasteiger partial charge in [0.2, 0.25) is 5.88 Å². The van der Waals surface area contributed by atoms with E-state index >= 15 is 0 Å². The second-order valence-corrected chi connectivity index (χ2v) is 5.66. The van der Waals surface area contributed by atoms with Gasteiger partial charge >= 0.3 is 0 Å². The summed E-state index contributed by atoms with van der Waals surface area (Å²) in [5.74, 6) is 0.701. The van der Waals surface area contributed by atoms with Crippen LogP contribution in [0.1, 0.15) is 26.2 Å². The largest absolute Gasteiger partial charge is 0.476 e. The summed E-state index contributed by atoms with van der Waals surface area (Å²) in [7, 11) is 4.13. The number of hydrogen-bond donors (Lipinski definition) is 1. The van der Waals surface area contributed by atoms with Crippen LogP contribution in [0.15, 0.2) is 18.2 Å². The maximum atomic E-state index is 5.90. The SMILES string of the molecule is CCCCn1nc(OCCCN(C)C)c2cc(N)ccc21. The highest BCUT2D eigenvalue weighted by Gasteiger charge is 2.11. The highest BCUT2D eigenvalue weighted by Crippen LogP contribution is 2.27. The Morgan fingerprint density at radius 3 is 2.81 bits per heavy atom. The lowest BCUT2D eigenvalue weighted by Gasteiger charge is -2.09. The molecule has 5 heteroatoms. The van der Waals surface area contributed by atoms with E-state index in [1.54, 1.807) is 0 Å². The molecule has 0 amide bonds. The van der Waals surface area contributed by atoms with Crippen molar-refractivity contribution in [1.29, 1.82) is 0 Å². The standard InChI is InChI=1S/C16H26N4O/c1-4-5-10-20-15-8-7-13(17)12-14(15)16(18-20)21-11-6-9-19(2)3/h7-8,12H,4-6,9-11,17H2,1-3H3. The molecule has 0 aliphatic heterocycles. The van der Waals surface area contributed by atoms with Crippen LogP contribution in [0.3, 0.4) is 0 Å². The lowest BCUT2D eigenvalue weighted by atomic mass is 10.2. The summed E-state index contributed by atoms with van der Waals surface area (Å²) in [4.78, 5) is 2.15. The van der Waals surface area contributed by atoms with Gasteiger partial charge in [-0.3, -0.25) is 4.68 Å². The highest BCUT2D eigenvalue weighted by molar-refractivity contribution is 5.87. The molecule has 0 aliphatic carbocycles. The third-order valence-corrected chi connectivity index (χ3v) is 3.45. The van der Waals surface area contributed by atoms with Crippen molar-refractivity contribution in [2.24, 2.45) is 0 Å². The fraction of sp³-hybridized carbons (Fsp3) is 0.562. The quantitative estimate of drug-likeness (QED) is 0.600. The molecular weight excluding hydrogens is 264 g/mol. The smallest absolute Gasteiger partial charge is 0.240 e. The van der Waals surface area contributed by atoms with E-state index in [0.717, 1.165) is 48.9 Å². The zero-order chi connectivity index (χ0) is 15.2. The molecule has 0 aliphatic rings. The average Bonchev–Trinajstić information content (AvgIpc) is 2.78. The second kappa shape index (κ2) is 7.31.